The van der Waals surface area contributed by atoms with Crippen LogP contribution in [0.5, 0.6) is 0 Å². The molecule has 1 saturated heterocycles. The Bertz CT molecular complexity index is 1350. The summed E-state index contributed by atoms with van der Waals surface area (Å²) in [6, 6.07) is 7.00. The van der Waals surface area contributed by atoms with Crippen LogP contribution >= 0.6 is 0 Å². The fourth-order valence-electron chi connectivity index (χ4n) is 6.51. The van der Waals surface area contributed by atoms with Gasteiger partial charge in [0, 0.05) is 65.5 Å². The molecular formula is C28H32N4O3. The van der Waals surface area contributed by atoms with E-state index in [-0.39, 0.29) is 11.3 Å². The normalized spacial score (nSPS) is 20.9. The van der Waals surface area contributed by atoms with Gasteiger partial charge < -0.3 is 15.0 Å². The first kappa shape index (κ1) is 22.3. The highest BCUT2D eigenvalue weighted by Gasteiger charge is 2.43. The third-order valence-corrected chi connectivity index (χ3v) is 8.92. The third kappa shape index (κ3) is 3.17. The number of carbonyl (C=O) groups is 2. The molecule has 0 spiro atoms. The molecule has 0 atom stereocenters. The fraction of sp³-hybridized carbons (Fsp3) is 0.464. The van der Waals surface area contributed by atoms with Crippen molar-refractivity contribution in [2.24, 2.45) is 0 Å². The van der Waals surface area contributed by atoms with Gasteiger partial charge in [-0.25, -0.2) is 9.78 Å². The molecule has 35 heavy (non-hydrogen) atoms. The van der Waals surface area contributed by atoms with E-state index in [0.29, 0.717) is 22.2 Å². The first-order valence-electron chi connectivity index (χ1n) is 12.7. The highest BCUT2D eigenvalue weighted by molar-refractivity contribution is 6.20. The number of fused-ring (bicyclic) bond motifs is 4. The number of nitrogens with zero attached hydrogens (tertiary/aromatic N) is 3. The molecule has 2 aromatic heterocycles. The minimum absolute atomic E-state index is 0.0533. The molecule has 0 unspecified atom stereocenters. The second kappa shape index (κ2) is 7.65. The standard InChI is InChI=1S/C28H32N4O3/c1-4-28(8-5-9-28)32-12-10-31(11-13-32)22-15-20-19(16-29-22)24(33)23-18-7-6-17(26(34)35)14-21(18)30-25(23)27(20,2)3/h6-7,14-16,30H,4-5,8-13H2,1-3H3,(H,34,35). The highest BCUT2D eigenvalue weighted by atomic mass is 16.4. The second-order valence-electron chi connectivity index (χ2n) is 10.9. The molecule has 7 heteroatoms. The minimum Gasteiger partial charge on any atom is -0.478 e. The van der Waals surface area contributed by atoms with Gasteiger partial charge in [0.2, 0.25) is 0 Å². The summed E-state index contributed by atoms with van der Waals surface area (Å²) in [5, 5.41) is 10.2. The van der Waals surface area contributed by atoms with E-state index in [1.165, 1.54) is 25.7 Å². The largest absolute Gasteiger partial charge is 0.478 e. The Morgan fingerprint density at radius 3 is 2.51 bits per heavy atom. The van der Waals surface area contributed by atoms with Crippen molar-refractivity contribution in [1.82, 2.24) is 14.9 Å². The molecule has 1 aromatic carbocycles. The van der Waals surface area contributed by atoms with E-state index in [1.54, 1.807) is 24.4 Å². The molecule has 1 aliphatic heterocycles. The molecule has 2 N–H and O–H groups in total. The van der Waals surface area contributed by atoms with E-state index in [4.69, 9.17) is 4.98 Å². The van der Waals surface area contributed by atoms with Crippen LogP contribution in [0.1, 0.15) is 84.0 Å². The summed E-state index contributed by atoms with van der Waals surface area (Å²) in [6.07, 6.45) is 6.95. The molecule has 3 heterocycles. The lowest BCUT2D eigenvalue weighted by Gasteiger charge is -2.53. The van der Waals surface area contributed by atoms with E-state index in [1.807, 2.05) is 0 Å². The number of pyridine rings is 1. The van der Waals surface area contributed by atoms with Gasteiger partial charge >= 0.3 is 5.97 Å². The fourth-order valence-corrected chi connectivity index (χ4v) is 6.51. The number of aromatic amines is 1. The van der Waals surface area contributed by atoms with Gasteiger partial charge in [-0.1, -0.05) is 26.8 Å². The molecule has 7 nitrogen and oxygen atoms in total. The molecule has 2 aliphatic carbocycles. The van der Waals surface area contributed by atoms with Crippen LogP contribution < -0.4 is 4.90 Å². The molecule has 0 radical (unpaired) electrons. The first-order chi connectivity index (χ1) is 16.7. The highest BCUT2D eigenvalue weighted by Crippen LogP contribution is 2.45. The van der Waals surface area contributed by atoms with Gasteiger partial charge in [-0.3, -0.25) is 9.69 Å². The van der Waals surface area contributed by atoms with E-state index in [0.717, 1.165) is 48.6 Å². The number of anilines is 1. The Morgan fingerprint density at radius 1 is 1.14 bits per heavy atom. The van der Waals surface area contributed by atoms with Crippen molar-refractivity contribution in [1.29, 1.82) is 0 Å². The summed E-state index contributed by atoms with van der Waals surface area (Å²) in [7, 11) is 0. The maximum absolute atomic E-state index is 13.6. The topological polar surface area (TPSA) is 89.5 Å². The molecule has 1 saturated carbocycles. The van der Waals surface area contributed by atoms with Crippen LogP contribution in [-0.2, 0) is 5.41 Å². The summed E-state index contributed by atoms with van der Waals surface area (Å²) in [5.41, 5.74) is 3.91. The molecule has 3 aromatic rings. The lowest BCUT2D eigenvalue weighted by atomic mass is 9.72. The third-order valence-electron chi connectivity index (χ3n) is 8.92. The maximum atomic E-state index is 13.6. The number of carboxylic acid groups (broad SMARTS) is 1. The number of hydrogen-bond acceptors (Lipinski definition) is 5. The number of hydrogen-bond donors (Lipinski definition) is 2. The number of nitrogens with one attached hydrogen (secondary N) is 1. The summed E-state index contributed by atoms with van der Waals surface area (Å²) >= 11 is 0. The summed E-state index contributed by atoms with van der Waals surface area (Å²) < 4.78 is 0. The molecule has 3 aliphatic rings. The van der Waals surface area contributed by atoms with Gasteiger partial charge in [-0.05, 0) is 49.4 Å². The van der Waals surface area contributed by atoms with Crippen LogP contribution in [0, 0.1) is 0 Å². The number of carboxylic acids is 1. The van der Waals surface area contributed by atoms with Crippen LogP contribution in [0.15, 0.2) is 30.5 Å². The number of H-pyrrole nitrogens is 1. The predicted molar refractivity (Wildman–Crippen MR) is 136 cm³/mol. The van der Waals surface area contributed by atoms with Crippen LogP contribution in [-0.4, -0.2) is 63.4 Å². The minimum atomic E-state index is -0.982. The SMILES string of the molecule is CCC1(N2CCN(c3cc4c(cn3)C(=O)c3c([nH]c5cc(C(=O)O)ccc35)C4(C)C)CC2)CCC1. The van der Waals surface area contributed by atoms with Gasteiger partial charge in [-0.2, -0.15) is 0 Å². The smallest absolute Gasteiger partial charge is 0.335 e. The first-order valence-corrected chi connectivity index (χ1v) is 12.7. The van der Waals surface area contributed by atoms with Gasteiger partial charge in [0.25, 0.3) is 0 Å². The zero-order valence-corrected chi connectivity index (χ0v) is 20.6. The number of rotatable bonds is 4. The van der Waals surface area contributed by atoms with E-state index >= 15 is 0 Å². The summed E-state index contributed by atoms with van der Waals surface area (Å²) in [6.45, 7) is 10.5. The van der Waals surface area contributed by atoms with Crippen LogP contribution in [0.3, 0.4) is 0 Å². The quantitative estimate of drug-likeness (QED) is 0.578. The number of aromatic nitrogens is 2. The molecule has 0 amide bonds. The van der Waals surface area contributed by atoms with Crippen molar-refractivity contribution in [3.8, 4) is 0 Å². The van der Waals surface area contributed by atoms with Crippen molar-refractivity contribution < 1.29 is 14.7 Å². The van der Waals surface area contributed by atoms with Crippen molar-refractivity contribution in [3.63, 3.8) is 0 Å². The van der Waals surface area contributed by atoms with Crippen molar-refractivity contribution in [3.05, 3.63) is 58.4 Å². The number of aromatic carboxylic acids is 1. The van der Waals surface area contributed by atoms with Gasteiger partial charge in [-0.15, -0.1) is 0 Å². The molecule has 6 rings (SSSR count). The van der Waals surface area contributed by atoms with Crippen LogP contribution in [0.2, 0.25) is 0 Å². The number of carbonyl (C=O) groups excluding carboxylic acids is 1. The maximum Gasteiger partial charge on any atom is 0.335 e. The average molecular weight is 473 g/mol. The van der Waals surface area contributed by atoms with Crippen molar-refractivity contribution >= 4 is 28.5 Å². The Morgan fingerprint density at radius 2 is 1.89 bits per heavy atom. The van der Waals surface area contributed by atoms with Crippen molar-refractivity contribution in [2.75, 3.05) is 31.1 Å². The van der Waals surface area contributed by atoms with E-state index < -0.39 is 11.4 Å². The Labute approximate surface area is 205 Å². The number of benzene rings is 1. The Balaban J connectivity index is 1.33. The van der Waals surface area contributed by atoms with Crippen LogP contribution in [0.25, 0.3) is 10.9 Å². The zero-order valence-electron chi connectivity index (χ0n) is 20.6. The summed E-state index contributed by atoms with van der Waals surface area (Å²) in [4.78, 5) is 38.2. The van der Waals surface area contributed by atoms with E-state index in [9.17, 15) is 14.7 Å². The molecular weight excluding hydrogens is 440 g/mol. The Kier molecular flexibility index (Phi) is 4.87. The van der Waals surface area contributed by atoms with Crippen molar-refractivity contribution in [2.45, 2.75) is 57.4 Å². The number of ketones is 1. The molecule has 0 bridgehead atoms. The molecule has 2 fully saturated rings. The van der Waals surface area contributed by atoms with Gasteiger partial charge in [0.1, 0.15) is 5.82 Å². The molecule has 182 valence electrons. The summed E-state index contributed by atoms with van der Waals surface area (Å²) in [5.74, 6) is -0.108. The Hall–Kier alpha value is -3.19. The monoisotopic (exact) mass is 472 g/mol. The van der Waals surface area contributed by atoms with Crippen LogP contribution in [0.4, 0.5) is 5.82 Å². The predicted octanol–water partition coefficient (Wildman–Crippen LogP) is 4.59. The van der Waals surface area contributed by atoms with Gasteiger partial charge in [0.15, 0.2) is 5.78 Å². The number of piperazine rings is 1. The average Bonchev–Trinajstić information content (AvgIpc) is 3.23. The van der Waals surface area contributed by atoms with Gasteiger partial charge in [0.05, 0.1) is 11.1 Å². The second-order valence-corrected chi connectivity index (χ2v) is 10.9. The lowest BCUT2D eigenvalue weighted by molar-refractivity contribution is 0.00825. The van der Waals surface area contributed by atoms with E-state index in [2.05, 4.69) is 41.6 Å². The lowest BCUT2D eigenvalue weighted by Crippen LogP contribution is -2.60. The zero-order chi connectivity index (χ0) is 24.5.